The SMILES string of the molecule is CC(C)(C)c1ccc(-c2ccc3c(c2)c2cc(-c4cnc(N5c6ccccc6C6=CC(c7ccc8c(c7)c7ccccc7n8-c7ccccc7)=CCC65C)nc4)ccc2n3-c2ccccc2)cc1. The summed E-state index contributed by atoms with van der Waals surface area (Å²) in [6, 6.07) is 68.5. The third-order valence-electron chi connectivity index (χ3n) is 14.6. The summed E-state index contributed by atoms with van der Waals surface area (Å²) in [5, 5.41) is 4.92. The molecule has 5 nitrogen and oxygen atoms in total. The topological polar surface area (TPSA) is 38.9 Å². The van der Waals surface area contributed by atoms with Crippen molar-refractivity contribution in [2.24, 2.45) is 0 Å². The maximum atomic E-state index is 5.17. The van der Waals surface area contributed by atoms with Gasteiger partial charge in [0.2, 0.25) is 5.95 Å². The summed E-state index contributed by atoms with van der Waals surface area (Å²) in [5.74, 6) is 0.697. The number of nitrogens with zero attached hydrogens (tertiary/aromatic N) is 5. The van der Waals surface area contributed by atoms with Gasteiger partial charge in [0.15, 0.2) is 0 Å². The zero-order valence-electron chi connectivity index (χ0n) is 38.7. The van der Waals surface area contributed by atoms with Crippen LogP contribution in [0, 0.1) is 0 Å². The summed E-state index contributed by atoms with van der Waals surface area (Å²) in [5.41, 5.74) is 18.7. The Bertz CT molecular complexity index is 3850. The number of anilines is 2. The van der Waals surface area contributed by atoms with E-state index in [2.05, 4.69) is 242 Å². The van der Waals surface area contributed by atoms with Gasteiger partial charge in [0.05, 0.1) is 33.3 Å². The normalized spacial score (nSPS) is 15.8. The van der Waals surface area contributed by atoms with Gasteiger partial charge in [0, 0.05) is 56.4 Å². The predicted octanol–water partition coefficient (Wildman–Crippen LogP) is 16.1. The molecular weight excluding hydrogens is 827 g/mol. The number of hydrogen-bond donors (Lipinski definition) is 0. The molecule has 0 saturated heterocycles. The molecule has 0 bridgehead atoms. The van der Waals surface area contributed by atoms with Gasteiger partial charge in [-0.25, -0.2) is 9.97 Å². The lowest BCUT2D eigenvalue weighted by atomic mass is 9.80. The largest absolute Gasteiger partial charge is 0.309 e. The smallest absolute Gasteiger partial charge is 0.230 e. The average molecular weight is 876 g/mol. The summed E-state index contributed by atoms with van der Waals surface area (Å²) in [6.45, 7) is 9.13. The molecule has 326 valence electrons. The third kappa shape index (κ3) is 6.22. The van der Waals surface area contributed by atoms with Crippen LogP contribution in [0.25, 0.3) is 88.4 Å². The van der Waals surface area contributed by atoms with Crippen LogP contribution in [0.3, 0.4) is 0 Å². The zero-order valence-corrected chi connectivity index (χ0v) is 38.7. The van der Waals surface area contributed by atoms with Crippen LogP contribution in [0.15, 0.2) is 213 Å². The molecule has 0 saturated carbocycles. The number of rotatable bonds is 6. The van der Waals surface area contributed by atoms with E-state index in [4.69, 9.17) is 9.97 Å². The molecule has 0 spiro atoms. The first kappa shape index (κ1) is 40.0. The Morgan fingerprint density at radius 1 is 0.471 bits per heavy atom. The Kier molecular flexibility index (Phi) is 8.91. The first-order valence-corrected chi connectivity index (χ1v) is 23.7. The van der Waals surface area contributed by atoms with E-state index in [0.717, 1.165) is 34.4 Å². The molecule has 68 heavy (non-hydrogen) atoms. The van der Waals surface area contributed by atoms with E-state index in [1.54, 1.807) is 0 Å². The van der Waals surface area contributed by atoms with Crippen molar-refractivity contribution in [2.45, 2.75) is 45.1 Å². The van der Waals surface area contributed by atoms with Crippen LogP contribution in [0.2, 0.25) is 0 Å². The Morgan fingerprint density at radius 2 is 0.971 bits per heavy atom. The molecular formula is C63H49N5. The lowest BCUT2D eigenvalue weighted by Gasteiger charge is -2.38. The second kappa shape index (κ2) is 15.1. The van der Waals surface area contributed by atoms with E-state index in [1.165, 1.54) is 82.7 Å². The number of allylic oxidation sites excluding steroid dienone is 2. The summed E-state index contributed by atoms with van der Waals surface area (Å²) >= 11 is 0. The Labute approximate surface area is 396 Å². The van der Waals surface area contributed by atoms with Crippen LogP contribution < -0.4 is 4.90 Å². The van der Waals surface area contributed by atoms with Gasteiger partial charge in [-0.1, -0.05) is 142 Å². The average Bonchev–Trinajstić information content (AvgIpc) is 3.98. The fraction of sp³-hybridized carbons (Fsp3) is 0.111. The summed E-state index contributed by atoms with van der Waals surface area (Å²) < 4.78 is 4.76. The van der Waals surface area contributed by atoms with Crippen molar-refractivity contribution in [3.63, 3.8) is 0 Å². The summed E-state index contributed by atoms with van der Waals surface area (Å²) in [4.78, 5) is 12.7. The van der Waals surface area contributed by atoms with E-state index < -0.39 is 0 Å². The maximum Gasteiger partial charge on any atom is 0.230 e. The highest BCUT2D eigenvalue weighted by atomic mass is 15.3. The molecule has 4 heterocycles. The fourth-order valence-corrected chi connectivity index (χ4v) is 11.1. The molecule has 1 aliphatic carbocycles. The lowest BCUT2D eigenvalue weighted by molar-refractivity contribution is 0.590. The number of hydrogen-bond acceptors (Lipinski definition) is 3. The van der Waals surface area contributed by atoms with Crippen LogP contribution in [-0.4, -0.2) is 24.6 Å². The molecule has 1 unspecified atom stereocenters. The molecule has 0 N–H and O–H groups in total. The molecule has 13 rings (SSSR count). The van der Waals surface area contributed by atoms with E-state index in [9.17, 15) is 0 Å². The highest BCUT2D eigenvalue weighted by molar-refractivity contribution is 6.12. The molecule has 1 atom stereocenters. The van der Waals surface area contributed by atoms with Gasteiger partial charge in [0.1, 0.15) is 0 Å². The minimum absolute atomic E-state index is 0.100. The van der Waals surface area contributed by atoms with Crippen LogP contribution in [-0.2, 0) is 5.41 Å². The fourth-order valence-electron chi connectivity index (χ4n) is 11.1. The minimum atomic E-state index is -0.370. The van der Waals surface area contributed by atoms with Crippen molar-refractivity contribution in [2.75, 3.05) is 4.90 Å². The predicted molar refractivity (Wildman–Crippen MR) is 284 cm³/mol. The number of para-hydroxylation sites is 4. The van der Waals surface area contributed by atoms with E-state index in [-0.39, 0.29) is 11.0 Å². The third-order valence-corrected chi connectivity index (χ3v) is 14.6. The standard InChI is InChI=1S/C63H49N5/c1-62(2,3)47-28-23-41(24-29-47)42-25-30-58-53(35-42)54-37-44(27-32-59(54)67(58)49-17-9-6-10-18-49)46-39-64-61(65-40-46)68-60-22-14-12-20-51(60)55-38-45(33-34-63(55,68)4)43-26-31-57-52(36-43)50-19-11-13-21-56(50)66(57)48-15-7-5-8-16-48/h5-33,35-40H,34H2,1-4H3. The summed E-state index contributed by atoms with van der Waals surface area (Å²) in [6.07, 6.45) is 9.62. The number of aromatic nitrogens is 4. The quantitative estimate of drug-likeness (QED) is 0.167. The van der Waals surface area contributed by atoms with Gasteiger partial charge in [-0.05, 0) is 137 Å². The molecule has 8 aromatic carbocycles. The second-order valence-electron chi connectivity index (χ2n) is 19.7. The highest BCUT2D eigenvalue weighted by Gasteiger charge is 2.47. The first-order valence-electron chi connectivity index (χ1n) is 23.7. The number of fused-ring (bicyclic) bond motifs is 9. The van der Waals surface area contributed by atoms with Crippen molar-refractivity contribution in [1.82, 2.24) is 19.1 Å². The Hall–Kier alpha value is -8.28. The molecule has 3 aromatic heterocycles. The van der Waals surface area contributed by atoms with Gasteiger partial charge in [-0.2, -0.15) is 0 Å². The second-order valence-corrected chi connectivity index (χ2v) is 19.7. The monoisotopic (exact) mass is 875 g/mol. The minimum Gasteiger partial charge on any atom is -0.309 e. The lowest BCUT2D eigenvalue weighted by Crippen LogP contribution is -2.41. The van der Waals surface area contributed by atoms with Crippen molar-refractivity contribution in [3.05, 3.63) is 229 Å². The van der Waals surface area contributed by atoms with Gasteiger partial charge < -0.3 is 9.13 Å². The maximum absolute atomic E-state index is 5.17. The van der Waals surface area contributed by atoms with Crippen LogP contribution in [0.5, 0.6) is 0 Å². The molecule has 0 radical (unpaired) electrons. The van der Waals surface area contributed by atoms with Gasteiger partial charge in [0.25, 0.3) is 0 Å². The van der Waals surface area contributed by atoms with Gasteiger partial charge in [-0.15, -0.1) is 0 Å². The van der Waals surface area contributed by atoms with Gasteiger partial charge in [-0.3, -0.25) is 4.90 Å². The highest BCUT2D eigenvalue weighted by Crippen LogP contribution is 2.54. The van der Waals surface area contributed by atoms with E-state index in [1.807, 2.05) is 12.4 Å². The van der Waals surface area contributed by atoms with Crippen LogP contribution in [0.4, 0.5) is 11.6 Å². The van der Waals surface area contributed by atoms with E-state index in [0.29, 0.717) is 5.95 Å². The Morgan fingerprint density at radius 3 is 1.60 bits per heavy atom. The van der Waals surface area contributed by atoms with Crippen molar-refractivity contribution in [3.8, 4) is 33.6 Å². The first-order chi connectivity index (χ1) is 33.2. The van der Waals surface area contributed by atoms with Crippen molar-refractivity contribution >= 4 is 66.4 Å². The van der Waals surface area contributed by atoms with Gasteiger partial charge >= 0.3 is 0 Å². The molecule has 1 aliphatic heterocycles. The molecule has 5 heteroatoms. The van der Waals surface area contributed by atoms with Crippen LogP contribution >= 0.6 is 0 Å². The van der Waals surface area contributed by atoms with Crippen molar-refractivity contribution < 1.29 is 0 Å². The van der Waals surface area contributed by atoms with Crippen LogP contribution in [0.1, 0.15) is 50.8 Å². The number of benzene rings is 8. The molecule has 2 aliphatic rings. The zero-order chi connectivity index (χ0) is 45.7. The molecule has 0 amide bonds. The van der Waals surface area contributed by atoms with E-state index >= 15 is 0 Å². The molecule has 0 fully saturated rings. The van der Waals surface area contributed by atoms with Crippen molar-refractivity contribution in [1.29, 1.82) is 0 Å². The molecule has 11 aromatic rings. The Balaban J connectivity index is 0.858. The summed E-state index contributed by atoms with van der Waals surface area (Å²) in [7, 11) is 0.